The van der Waals surface area contributed by atoms with Crippen molar-refractivity contribution in [2.24, 2.45) is 5.41 Å². The highest BCUT2D eigenvalue weighted by Gasteiger charge is 2.29. The van der Waals surface area contributed by atoms with Crippen molar-refractivity contribution >= 4 is 11.6 Å². The summed E-state index contributed by atoms with van der Waals surface area (Å²) in [4.78, 5) is 2.45. The third kappa shape index (κ3) is 5.15. The highest BCUT2D eigenvalue weighted by Crippen LogP contribution is 2.34. The van der Waals surface area contributed by atoms with Crippen LogP contribution in [0.4, 0.5) is 0 Å². The van der Waals surface area contributed by atoms with Crippen LogP contribution in [0.25, 0.3) is 0 Å². The minimum Gasteiger partial charge on any atom is -0.299 e. The van der Waals surface area contributed by atoms with Crippen molar-refractivity contribution in [2.45, 2.75) is 46.6 Å². The molecule has 1 fully saturated rings. The zero-order valence-corrected chi connectivity index (χ0v) is 13.6. The van der Waals surface area contributed by atoms with Crippen molar-refractivity contribution in [1.29, 1.82) is 5.26 Å². The quantitative estimate of drug-likeness (QED) is 0.794. The maximum Gasteiger partial charge on any atom is 0.0627 e. The van der Waals surface area contributed by atoms with Crippen LogP contribution in [0.5, 0.6) is 0 Å². The molecule has 0 amide bonds. The van der Waals surface area contributed by atoms with E-state index in [-0.39, 0.29) is 5.41 Å². The van der Waals surface area contributed by atoms with Crippen LogP contribution in [0, 0.1) is 16.7 Å². The van der Waals surface area contributed by atoms with E-state index in [9.17, 15) is 0 Å². The van der Waals surface area contributed by atoms with E-state index in [1.807, 2.05) is 32.0 Å². The first-order valence-electron chi connectivity index (χ1n) is 7.45. The molecule has 1 aliphatic rings. The third-order valence-electron chi connectivity index (χ3n) is 3.86. The Bertz CT molecular complexity index is 443. The van der Waals surface area contributed by atoms with Crippen molar-refractivity contribution in [2.75, 3.05) is 13.1 Å². The number of nitriles is 1. The van der Waals surface area contributed by atoms with Gasteiger partial charge < -0.3 is 0 Å². The molecule has 1 aliphatic heterocycles. The van der Waals surface area contributed by atoms with Gasteiger partial charge in [0.2, 0.25) is 0 Å². The summed E-state index contributed by atoms with van der Waals surface area (Å²) in [5, 5.41) is 9.64. The Morgan fingerprint density at radius 1 is 1.30 bits per heavy atom. The SMILES string of the molecule is CC.CC1(CC#N)CCN(Cc2cccc(Cl)c2)CC1. The molecule has 3 heteroatoms. The Labute approximate surface area is 128 Å². The summed E-state index contributed by atoms with van der Waals surface area (Å²) in [5.41, 5.74) is 1.49. The first-order valence-corrected chi connectivity index (χ1v) is 7.83. The lowest BCUT2D eigenvalue weighted by atomic mass is 9.78. The Balaban J connectivity index is 0.000000956. The number of hydrogen-bond donors (Lipinski definition) is 0. The molecular weight excluding hydrogens is 268 g/mol. The number of halogens is 1. The highest BCUT2D eigenvalue weighted by molar-refractivity contribution is 6.30. The number of likely N-dealkylation sites (tertiary alicyclic amines) is 1. The number of benzene rings is 1. The second-order valence-electron chi connectivity index (χ2n) is 5.55. The summed E-state index contributed by atoms with van der Waals surface area (Å²) < 4.78 is 0. The fourth-order valence-corrected chi connectivity index (χ4v) is 2.73. The van der Waals surface area contributed by atoms with Crippen molar-refractivity contribution in [3.63, 3.8) is 0 Å². The van der Waals surface area contributed by atoms with Crippen LogP contribution in [0.2, 0.25) is 5.02 Å². The highest BCUT2D eigenvalue weighted by atomic mass is 35.5. The zero-order valence-electron chi connectivity index (χ0n) is 12.8. The van der Waals surface area contributed by atoms with Crippen LogP contribution < -0.4 is 0 Å². The summed E-state index contributed by atoms with van der Waals surface area (Å²) in [6.07, 6.45) is 2.90. The second kappa shape index (κ2) is 8.29. The summed E-state index contributed by atoms with van der Waals surface area (Å²) in [6, 6.07) is 10.4. The molecule has 2 nitrogen and oxygen atoms in total. The van der Waals surface area contributed by atoms with Crippen LogP contribution in [-0.2, 0) is 6.54 Å². The van der Waals surface area contributed by atoms with Gasteiger partial charge in [0.05, 0.1) is 6.07 Å². The molecule has 1 aromatic carbocycles. The Morgan fingerprint density at radius 3 is 2.50 bits per heavy atom. The van der Waals surface area contributed by atoms with E-state index in [1.54, 1.807) is 0 Å². The molecule has 1 aromatic rings. The molecule has 0 saturated carbocycles. The van der Waals surface area contributed by atoms with Crippen molar-refractivity contribution < 1.29 is 0 Å². The number of piperidine rings is 1. The Kier molecular flexibility index (Phi) is 7.05. The van der Waals surface area contributed by atoms with Crippen LogP contribution in [0.15, 0.2) is 24.3 Å². The van der Waals surface area contributed by atoms with Gasteiger partial charge in [0, 0.05) is 18.0 Å². The van der Waals surface area contributed by atoms with Crippen molar-refractivity contribution in [3.8, 4) is 6.07 Å². The van der Waals surface area contributed by atoms with Crippen LogP contribution in [0.3, 0.4) is 0 Å². The molecule has 0 atom stereocenters. The number of hydrogen-bond acceptors (Lipinski definition) is 2. The van der Waals surface area contributed by atoms with E-state index >= 15 is 0 Å². The molecule has 0 aromatic heterocycles. The minimum absolute atomic E-state index is 0.222. The molecule has 20 heavy (non-hydrogen) atoms. The lowest BCUT2D eigenvalue weighted by molar-refractivity contribution is 0.116. The summed E-state index contributed by atoms with van der Waals surface area (Å²) in [6.45, 7) is 9.34. The van der Waals surface area contributed by atoms with E-state index in [4.69, 9.17) is 16.9 Å². The predicted molar refractivity (Wildman–Crippen MR) is 85.6 cm³/mol. The minimum atomic E-state index is 0.222. The van der Waals surface area contributed by atoms with Gasteiger partial charge in [0.1, 0.15) is 0 Å². The van der Waals surface area contributed by atoms with Crippen LogP contribution in [-0.4, -0.2) is 18.0 Å². The Hall–Kier alpha value is -1.04. The fraction of sp³-hybridized carbons (Fsp3) is 0.588. The molecule has 0 bridgehead atoms. The number of nitrogens with zero attached hydrogens (tertiary/aromatic N) is 2. The Morgan fingerprint density at radius 2 is 1.95 bits per heavy atom. The van der Waals surface area contributed by atoms with E-state index in [0.717, 1.165) is 37.5 Å². The molecule has 0 N–H and O–H groups in total. The lowest BCUT2D eigenvalue weighted by Crippen LogP contribution is -2.38. The van der Waals surface area contributed by atoms with Gasteiger partial charge in [-0.2, -0.15) is 5.26 Å². The molecule has 0 spiro atoms. The van der Waals surface area contributed by atoms with Crippen LogP contribution >= 0.6 is 11.6 Å². The lowest BCUT2D eigenvalue weighted by Gasteiger charge is -2.38. The number of rotatable bonds is 3. The van der Waals surface area contributed by atoms with Crippen molar-refractivity contribution in [3.05, 3.63) is 34.9 Å². The molecule has 0 unspecified atom stereocenters. The molecule has 110 valence electrons. The van der Waals surface area contributed by atoms with Gasteiger partial charge in [-0.05, 0) is 49.0 Å². The second-order valence-corrected chi connectivity index (χ2v) is 5.99. The molecule has 1 heterocycles. The van der Waals surface area contributed by atoms with E-state index in [0.29, 0.717) is 6.42 Å². The maximum absolute atomic E-state index is 8.84. The van der Waals surface area contributed by atoms with Gasteiger partial charge in [-0.1, -0.05) is 44.5 Å². The standard InChI is InChI=1S/C15H19ClN2.C2H6/c1-15(5-8-17)6-9-18(10-7-15)12-13-3-2-4-14(16)11-13;1-2/h2-4,11H,5-7,9-10,12H2,1H3;1-2H3. The summed E-state index contributed by atoms with van der Waals surface area (Å²) in [5.74, 6) is 0. The molecule has 1 saturated heterocycles. The average molecular weight is 293 g/mol. The average Bonchev–Trinajstić information content (AvgIpc) is 2.44. The van der Waals surface area contributed by atoms with Crippen LogP contribution in [0.1, 0.15) is 45.6 Å². The first-order chi connectivity index (χ1) is 9.61. The van der Waals surface area contributed by atoms with Gasteiger partial charge in [-0.15, -0.1) is 0 Å². The predicted octanol–water partition coefficient (Wildman–Crippen LogP) is 4.88. The fourth-order valence-electron chi connectivity index (χ4n) is 2.51. The van der Waals surface area contributed by atoms with Crippen molar-refractivity contribution in [1.82, 2.24) is 4.90 Å². The molecule has 0 radical (unpaired) electrons. The molecular formula is C17H25ClN2. The molecule has 0 aliphatic carbocycles. The van der Waals surface area contributed by atoms with Gasteiger partial charge >= 0.3 is 0 Å². The molecule has 2 rings (SSSR count). The third-order valence-corrected chi connectivity index (χ3v) is 4.10. The van der Waals surface area contributed by atoms with Gasteiger partial charge in [-0.25, -0.2) is 0 Å². The smallest absolute Gasteiger partial charge is 0.0627 e. The summed E-state index contributed by atoms with van der Waals surface area (Å²) >= 11 is 5.99. The maximum atomic E-state index is 8.84. The topological polar surface area (TPSA) is 27.0 Å². The summed E-state index contributed by atoms with van der Waals surface area (Å²) in [7, 11) is 0. The monoisotopic (exact) mass is 292 g/mol. The van der Waals surface area contributed by atoms with E-state index in [2.05, 4.69) is 24.0 Å². The normalized spacial score (nSPS) is 17.8. The van der Waals surface area contributed by atoms with E-state index < -0.39 is 0 Å². The largest absolute Gasteiger partial charge is 0.299 e. The van der Waals surface area contributed by atoms with Gasteiger partial charge in [0.15, 0.2) is 0 Å². The zero-order chi connectivity index (χ0) is 15.0. The first kappa shape index (κ1) is 17.0. The van der Waals surface area contributed by atoms with Gasteiger partial charge in [0.25, 0.3) is 0 Å². The van der Waals surface area contributed by atoms with E-state index in [1.165, 1.54) is 5.56 Å². The van der Waals surface area contributed by atoms with Gasteiger partial charge in [-0.3, -0.25) is 4.90 Å².